The van der Waals surface area contributed by atoms with Crippen LogP contribution in [0.4, 0.5) is 5.82 Å². The molecule has 0 spiro atoms. The Morgan fingerprint density at radius 2 is 1.76 bits per heavy atom. The largest absolute Gasteiger partial charge is 0.311 e. The highest BCUT2D eigenvalue weighted by atomic mass is 16.1. The molecular formula is C26H30N6O. The summed E-state index contributed by atoms with van der Waals surface area (Å²) >= 11 is 0. The summed E-state index contributed by atoms with van der Waals surface area (Å²) in [6.45, 7) is 7.02. The van der Waals surface area contributed by atoms with Crippen LogP contribution in [0.15, 0.2) is 55.2 Å². The number of nitrogens with one attached hydrogen (secondary N) is 1. The molecule has 170 valence electrons. The predicted octanol–water partition coefficient (Wildman–Crippen LogP) is 3.89. The first-order valence-corrected chi connectivity index (χ1v) is 11.5. The monoisotopic (exact) mass is 442 g/mol. The van der Waals surface area contributed by atoms with Gasteiger partial charge in [0, 0.05) is 50.1 Å². The lowest BCUT2D eigenvalue weighted by atomic mass is 10.0. The molecule has 4 rings (SSSR count). The van der Waals surface area contributed by atoms with Crippen molar-refractivity contribution in [2.24, 2.45) is 5.92 Å². The Bertz CT molecular complexity index is 1100. The smallest absolute Gasteiger partial charge is 0.225 e. The lowest BCUT2D eigenvalue weighted by molar-refractivity contribution is -0.116. The number of carbonyl (C=O) groups excluding carboxylic acids is 1. The van der Waals surface area contributed by atoms with Gasteiger partial charge in [-0.1, -0.05) is 37.8 Å². The molecule has 33 heavy (non-hydrogen) atoms. The van der Waals surface area contributed by atoms with E-state index in [0.29, 0.717) is 18.4 Å². The number of piperidine rings is 1. The third kappa shape index (κ3) is 6.50. The zero-order valence-electron chi connectivity index (χ0n) is 19.2. The van der Waals surface area contributed by atoms with Crippen LogP contribution < -0.4 is 5.32 Å². The summed E-state index contributed by atoms with van der Waals surface area (Å²) in [4.78, 5) is 22.6. The van der Waals surface area contributed by atoms with Crippen LogP contribution in [0.2, 0.25) is 0 Å². The molecule has 0 unspecified atom stereocenters. The number of rotatable bonds is 6. The minimum atomic E-state index is 0.0504. The summed E-state index contributed by atoms with van der Waals surface area (Å²) in [5.41, 5.74) is 3.07. The third-order valence-electron chi connectivity index (χ3n) is 5.71. The second kappa shape index (κ2) is 10.9. The number of aromatic nitrogens is 4. The Labute approximate surface area is 195 Å². The van der Waals surface area contributed by atoms with E-state index in [4.69, 9.17) is 0 Å². The van der Waals surface area contributed by atoms with E-state index in [0.717, 1.165) is 49.4 Å². The van der Waals surface area contributed by atoms with Gasteiger partial charge in [0.05, 0.1) is 17.8 Å². The Morgan fingerprint density at radius 3 is 2.45 bits per heavy atom. The van der Waals surface area contributed by atoms with Crippen molar-refractivity contribution in [3.8, 4) is 11.8 Å². The molecule has 3 aromatic rings. The number of nitrogens with zero attached hydrogens (tertiary/aromatic N) is 5. The number of benzene rings is 1. The lowest BCUT2D eigenvalue weighted by Crippen LogP contribution is -2.35. The van der Waals surface area contributed by atoms with Gasteiger partial charge in [-0.25, -0.2) is 14.6 Å². The van der Waals surface area contributed by atoms with Crippen molar-refractivity contribution in [3.05, 3.63) is 71.9 Å². The highest BCUT2D eigenvalue weighted by Crippen LogP contribution is 2.26. The van der Waals surface area contributed by atoms with Crippen molar-refractivity contribution >= 4 is 11.7 Å². The minimum absolute atomic E-state index is 0.0504. The molecule has 0 saturated carbocycles. The number of likely N-dealkylation sites (tertiary alicyclic amines) is 1. The van der Waals surface area contributed by atoms with E-state index in [1.807, 2.05) is 24.6 Å². The average molecular weight is 443 g/mol. The number of carbonyl (C=O) groups is 1. The predicted molar refractivity (Wildman–Crippen MR) is 128 cm³/mol. The topological polar surface area (TPSA) is 75.9 Å². The first-order chi connectivity index (χ1) is 16.1. The molecule has 3 heterocycles. The van der Waals surface area contributed by atoms with Crippen LogP contribution in [-0.4, -0.2) is 43.6 Å². The highest BCUT2D eigenvalue weighted by molar-refractivity contribution is 5.89. The Hall–Kier alpha value is -3.50. The molecule has 1 fully saturated rings. The maximum absolute atomic E-state index is 12.2. The van der Waals surface area contributed by atoms with Gasteiger partial charge < -0.3 is 5.32 Å². The summed E-state index contributed by atoms with van der Waals surface area (Å²) in [7, 11) is 0. The van der Waals surface area contributed by atoms with Crippen LogP contribution in [-0.2, 0) is 11.3 Å². The molecule has 7 nitrogen and oxygen atoms in total. The molecule has 2 aromatic heterocycles. The summed E-state index contributed by atoms with van der Waals surface area (Å²) in [5.74, 6) is 7.44. The summed E-state index contributed by atoms with van der Waals surface area (Å²) in [6.07, 6.45) is 9.24. The SMILES string of the molecule is CC(C)CC(=O)Nc1ccnn1C1CCN(Cc2ccc(C#Cc3cncnc3)cc2)CC1. The normalized spacial score (nSPS) is 14.6. The van der Waals surface area contributed by atoms with Crippen molar-refractivity contribution in [2.45, 2.75) is 45.7 Å². The van der Waals surface area contributed by atoms with E-state index in [1.165, 1.54) is 11.9 Å². The van der Waals surface area contributed by atoms with Crippen LogP contribution in [0.5, 0.6) is 0 Å². The number of amides is 1. The van der Waals surface area contributed by atoms with Gasteiger partial charge in [-0.2, -0.15) is 5.10 Å². The minimum Gasteiger partial charge on any atom is -0.311 e. The van der Waals surface area contributed by atoms with E-state index in [-0.39, 0.29) is 5.91 Å². The Balaban J connectivity index is 1.28. The van der Waals surface area contributed by atoms with Crippen molar-refractivity contribution in [1.82, 2.24) is 24.6 Å². The average Bonchev–Trinajstić information content (AvgIpc) is 3.27. The zero-order valence-corrected chi connectivity index (χ0v) is 19.2. The molecule has 0 bridgehead atoms. The van der Waals surface area contributed by atoms with E-state index in [2.05, 4.69) is 61.4 Å². The molecular weight excluding hydrogens is 412 g/mol. The number of anilines is 1. The first-order valence-electron chi connectivity index (χ1n) is 11.5. The molecule has 7 heteroatoms. The quantitative estimate of drug-likeness (QED) is 0.586. The lowest BCUT2D eigenvalue weighted by Gasteiger charge is -2.32. The summed E-state index contributed by atoms with van der Waals surface area (Å²) in [5, 5.41) is 7.52. The van der Waals surface area contributed by atoms with Crippen LogP contribution in [0.1, 0.15) is 55.8 Å². The fourth-order valence-electron chi connectivity index (χ4n) is 4.05. The molecule has 1 amide bonds. The van der Waals surface area contributed by atoms with E-state index in [1.54, 1.807) is 18.6 Å². The van der Waals surface area contributed by atoms with Crippen molar-refractivity contribution in [1.29, 1.82) is 0 Å². The van der Waals surface area contributed by atoms with Gasteiger partial charge in [0.15, 0.2) is 0 Å². The van der Waals surface area contributed by atoms with E-state index >= 15 is 0 Å². The van der Waals surface area contributed by atoms with E-state index < -0.39 is 0 Å². The molecule has 0 aliphatic carbocycles. The van der Waals surface area contributed by atoms with Gasteiger partial charge in [-0.05, 0) is 36.5 Å². The van der Waals surface area contributed by atoms with Crippen molar-refractivity contribution in [3.63, 3.8) is 0 Å². The molecule has 1 saturated heterocycles. The third-order valence-corrected chi connectivity index (χ3v) is 5.71. The van der Waals surface area contributed by atoms with Gasteiger partial charge in [-0.3, -0.25) is 9.69 Å². The molecule has 1 aliphatic heterocycles. The second-order valence-corrected chi connectivity index (χ2v) is 8.89. The van der Waals surface area contributed by atoms with Crippen LogP contribution >= 0.6 is 0 Å². The van der Waals surface area contributed by atoms with Crippen molar-refractivity contribution in [2.75, 3.05) is 18.4 Å². The Kier molecular flexibility index (Phi) is 7.48. The number of hydrogen-bond acceptors (Lipinski definition) is 5. The zero-order chi connectivity index (χ0) is 23.0. The fraction of sp³-hybridized carbons (Fsp3) is 0.385. The summed E-state index contributed by atoms with van der Waals surface area (Å²) in [6, 6.07) is 10.6. The standard InChI is InChI=1S/C26H30N6O/c1-20(2)15-26(33)30-25-9-12-29-32(25)24-10-13-31(14-11-24)18-22-6-3-21(4-7-22)5-8-23-16-27-19-28-17-23/h3-4,6-7,9,12,16-17,19-20,24H,10-11,13-15,18H2,1-2H3,(H,30,33). The number of hydrogen-bond donors (Lipinski definition) is 1. The highest BCUT2D eigenvalue weighted by Gasteiger charge is 2.23. The molecule has 0 atom stereocenters. The van der Waals surface area contributed by atoms with Gasteiger partial charge >= 0.3 is 0 Å². The fourth-order valence-corrected chi connectivity index (χ4v) is 4.05. The first kappa shape index (κ1) is 22.7. The van der Waals surface area contributed by atoms with Crippen molar-refractivity contribution < 1.29 is 4.79 Å². The molecule has 0 radical (unpaired) electrons. The van der Waals surface area contributed by atoms with E-state index in [9.17, 15) is 4.79 Å². The molecule has 1 aromatic carbocycles. The van der Waals surface area contributed by atoms with Gasteiger partial charge in [0.1, 0.15) is 12.1 Å². The maximum atomic E-state index is 12.2. The Morgan fingerprint density at radius 1 is 1.06 bits per heavy atom. The molecule has 1 N–H and O–H groups in total. The molecule has 1 aliphatic rings. The van der Waals surface area contributed by atoms with Gasteiger partial charge in [0.25, 0.3) is 0 Å². The summed E-state index contributed by atoms with van der Waals surface area (Å²) < 4.78 is 1.99. The maximum Gasteiger partial charge on any atom is 0.225 e. The van der Waals surface area contributed by atoms with Gasteiger partial charge in [0.2, 0.25) is 5.91 Å². The van der Waals surface area contributed by atoms with Crippen LogP contribution in [0.3, 0.4) is 0 Å². The van der Waals surface area contributed by atoms with Crippen LogP contribution in [0.25, 0.3) is 0 Å². The van der Waals surface area contributed by atoms with Crippen LogP contribution in [0, 0.1) is 17.8 Å². The van der Waals surface area contributed by atoms with Gasteiger partial charge in [-0.15, -0.1) is 0 Å². The second-order valence-electron chi connectivity index (χ2n) is 8.89.